The van der Waals surface area contributed by atoms with E-state index in [9.17, 15) is 12.8 Å². The van der Waals surface area contributed by atoms with Crippen molar-refractivity contribution in [1.29, 1.82) is 0 Å². The largest absolute Gasteiger partial charge is 0.265 e. The van der Waals surface area contributed by atoms with Gasteiger partial charge in [0.25, 0.3) is 5.50 Å². The molecule has 2 aromatic heterocycles. The van der Waals surface area contributed by atoms with Crippen molar-refractivity contribution in [1.82, 2.24) is 14.8 Å². The molecule has 0 saturated heterocycles. The van der Waals surface area contributed by atoms with Gasteiger partial charge in [-0.2, -0.15) is 5.10 Å². The van der Waals surface area contributed by atoms with Crippen LogP contribution in [0.3, 0.4) is 0 Å². The molecule has 1 unspecified atom stereocenters. The number of hydrogen-bond donors (Lipinski definition) is 0. The van der Waals surface area contributed by atoms with Crippen LogP contribution in [0.15, 0.2) is 40.7 Å². The number of nitrogens with zero attached hydrogens (tertiary/aromatic N) is 3. The maximum Gasteiger partial charge on any atom is 0.251 e. The summed E-state index contributed by atoms with van der Waals surface area (Å²) >= 11 is 0.974. The maximum absolute atomic E-state index is 15.0. The third-order valence-electron chi connectivity index (χ3n) is 4.34. The molecule has 0 N–H and O–H groups in total. The van der Waals surface area contributed by atoms with E-state index in [2.05, 4.69) is 10.1 Å². The Morgan fingerprint density at radius 1 is 1.21 bits per heavy atom. The Labute approximate surface area is 168 Å². The monoisotopic (exact) mass is 419 g/mol. The third-order valence-corrected chi connectivity index (χ3v) is 7.43. The summed E-state index contributed by atoms with van der Waals surface area (Å²) < 4.78 is 41.8. The van der Waals surface area contributed by atoms with Gasteiger partial charge in [0.05, 0.1) is 12.2 Å². The lowest BCUT2D eigenvalue weighted by Crippen LogP contribution is -2.11. The minimum absolute atomic E-state index is 0.120. The van der Waals surface area contributed by atoms with E-state index in [0.29, 0.717) is 17.9 Å². The summed E-state index contributed by atoms with van der Waals surface area (Å²) in [4.78, 5) is 4.82. The molecule has 0 spiro atoms. The van der Waals surface area contributed by atoms with Crippen molar-refractivity contribution in [3.8, 4) is 0 Å². The van der Waals surface area contributed by atoms with E-state index >= 15 is 0 Å². The van der Waals surface area contributed by atoms with Crippen molar-refractivity contribution in [2.45, 2.75) is 44.1 Å². The topological polar surface area (TPSA) is 64.8 Å². The second kappa shape index (κ2) is 7.97. The molecule has 0 saturated carbocycles. The molecule has 0 aliphatic heterocycles. The predicted molar refractivity (Wildman–Crippen MR) is 110 cm³/mol. The zero-order valence-corrected chi connectivity index (χ0v) is 17.8. The first-order valence-corrected chi connectivity index (χ1v) is 11.2. The lowest BCUT2D eigenvalue weighted by atomic mass is 10.1. The molecule has 3 aromatic rings. The molecule has 0 aliphatic carbocycles. The number of hydrogen-bond acceptors (Lipinski definition) is 5. The molecule has 0 fully saturated rings. The van der Waals surface area contributed by atoms with Crippen LogP contribution in [-0.4, -0.2) is 23.2 Å². The highest BCUT2D eigenvalue weighted by Gasteiger charge is 2.34. The number of allylic oxidation sites excluding steroid dienone is 1. The highest BCUT2D eigenvalue weighted by molar-refractivity contribution is 7.93. The normalized spacial score (nSPS) is 13.3. The molecular formula is C20H22FN3O2S2. The molecule has 1 aromatic carbocycles. The number of aryl methyl sites for hydroxylation is 3. The molecule has 28 heavy (non-hydrogen) atoms. The fraction of sp³-hybridized carbons (Fsp3) is 0.300. The third kappa shape index (κ3) is 4.07. The van der Waals surface area contributed by atoms with Crippen molar-refractivity contribution in [2.24, 2.45) is 0 Å². The number of benzene rings is 1. The zero-order valence-electron chi connectivity index (χ0n) is 16.2. The van der Waals surface area contributed by atoms with Gasteiger partial charge in [-0.15, -0.1) is 11.3 Å². The average molecular weight is 420 g/mol. The standard InChI is InChI=1S/C20H22FN3O2S2/c1-5-6-17-15(4)27-20(22-17)28(25,26)19(21)18-11-14(3)24(23-18)12-16-9-7-13(2)8-10-16/h5-11,19H,12H2,1-4H3. The quantitative estimate of drug-likeness (QED) is 0.576. The summed E-state index contributed by atoms with van der Waals surface area (Å²) in [5.74, 6) is 0. The SMILES string of the molecule is CC=Cc1nc(S(=O)(=O)C(F)c2cc(C)n(Cc3ccc(C)cc3)n2)sc1C. The van der Waals surface area contributed by atoms with Gasteiger partial charge in [-0.3, -0.25) is 4.68 Å². The van der Waals surface area contributed by atoms with E-state index in [1.165, 1.54) is 6.07 Å². The fourth-order valence-corrected chi connectivity index (χ4v) is 5.29. The highest BCUT2D eigenvalue weighted by Crippen LogP contribution is 2.33. The lowest BCUT2D eigenvalue weighted by Gasteiger charge is -2.06. The summed E-state index contributed by atoms with van der Waals surface area (Å²) in [5.41, 5.74) is 1.01. The first kappa shape index (κ1) is 20.4. The van der Waals surface area contributed by atoms with Crippen LogP contribution in [0.5, 0.6) is 0 Å². The number of thiazole rings is 1. The van der Waals surface area contributed by atoms with E-state index in [-0.39, 0.29) is 10.0 Å². The van der Waals surface area contributed by atoms with Crippen LogP contribution < -0.4 is 0 Å². The van der Waals surface area contributed by atoms with Crippen LogP contribution in [0.25, 0.3) is 6.08 Å². The number of alkyl halides is 1. The second-order valence-corrected chi connectivity index (χ2v) is 9.99. The molecule has 0 amide bonds. The Morgan fingerprint density at radius 2 is 1.89 bits per heavy atom. The predicted octanol–water partition coefficient (Wildman–Crippen LogP) is 4.79. The van der Waals surface area contributed by atoms with Crippen molar-refractivity contribution in [2.75, 3.05) is 0 Å². The van der Waals surface area contributed by atoms with Crippen LogP contribution in [0, 0.1) is 20.8 Å². The van der Waals surface area contributed by atoms with Gasteiger partial charge in [-0.1, -0.05) is 35.9 Å². The van der Waals surface area contributed by atoms with E-state index in [1.54, 1.807) is 30.7 Å². The van der Waals surface area contributed by atoms with Crippen molar-refractivity contribution >= 4 is 27.3 Å². The van der Waals surface area contributed by atoms with E-state index in [0.717, 1.165) is 27.3 Å². The van der Waals surface area contributed by atoms with Gasteiger partial charge in [0.15, 0.2) is 0 Å². The van der Waals surface area contributed by atoms with Crippen LogP contribution in [-0.2, 0) is 16.4 Å². The van der Waals surface area contributed by atoms with E-state index < -0.39 is 15.3 Å². The van der Waals surface area contributed by atoms with Crippen LogP contribution >= 0.6 is 11.3 Å². The zero-order chi connectivity index (χ0) is 20.5. The Morgan fingerprint density at radius 3 is 2.54 bits per heavy atom. The molecule has 0 bridgehead atoms. The number of aromatic nitrogens is 3. The van der Waals surface area contributed by atoms with Gasteiger partial charge < -0.3 is 0 Å². The molecule has 1 atom stereocenters. The number of halogens is 1. The fourth-order valence-electron chi connectivity index (χ4n) is 2.74. The van der Waals surface area contributed by atoms with Gasteiger partial charge in [0, 0.05) is 10.6 Å². The Balaban J connectivity index is 1.88. The Hall–Kier alpha value is -2.32. The average Bonchev–Trinajstić information content (AvgIpc) is 3.20. The summed E-state index contributed by atoms with van der Waals surface area (Å²) in [7, 11) is -4.26. The van der Waals surface area contributed by atoms with Crippen LogP contribution in [0.1, 0.15) is 45.5 Å². The summed E-state index contributed by atoms with van der Waals surface area (Å²) in [5, 5.41) is 4.21. The number of sulfone groups is 1. The maximum atomic E-state index is 15.0. The lowest BCUT2D eigenvalue weighted by molar-refractivity contribution is 0.419. The van der Waals surface area contributed by atoms with Crippen LogP contribution in [0.2, 0.25) is 0 Å². The smallest absolute Gasteiger partial charge is 0.251 e. The van der Waals surface area contributed by atoms with Gasteiger partial charge in [-0.05, 0) is 45.4 Å². The van der Waals surface area contributed by atoms with Gasteiger partial charge >= 0.3 is 0 Å². The van der Waals surface area contributed by atoms with Crippen molar-refractivity contribution < 1.29 is 12.8 Å². The summed E-state index contributed by atoms with van der Waals surface area (Å²) in [6, 6.07) is 9.40. The first-order chi connectivity index (χ1) is 13.2. The molecule has 5 nitrogen and oxygen atoms in total. The molecule has 3 rings (SSSR count). The Bertz CT molecular complexity index is 1110. The van der Waals surface area contributed by atoms with E-state index in [4.69, 9.17) is 0 Å². The highest BCUT2D eigenvalue weighted by atomic mass is 32.2. The van der Waals surface area contributed by atoms with Gasteiger partial charge in [0.2, 0.25) is 14.2 Å². The molecule has 2 heterocycles. The summed E-state index contributed by atoms with van der Waals surface area (Å²) in [6.45, 7) is 7.80. The summed E-state index contributed by atoms with van der Waals surface area (Å²) in [6.07, 6.45) is 3.47. The minimum Gasteiger partial charge on any atom is -0.265 e. The minimum atomic E-state index is -4.26. The van der Waals surface area contributed by atoms with Gasteiger partial charge in [0.1, 0.15) is 5.69 Å². The van der Waals surface area contributed by atoms with Gasteiger partial charge in [-0.25, -0.2) is 17.8 Å². The van der Waals surface area contributed by atoms with Crippen LogP contribution in [0.4, 0.5) is 4.39 Å². The van der Waals surface area contributed by atoms with Crippen molar-refractivity contribution in [3.05, 3.63) is 69.5 Å². The second-order valence-electron chi connectivity index (χ2n) is 6.64. The molecule has 0 radical (unpaired) electrons. The number of rotatable bonds is 6. The van der Waals surface area contributed by atoms with Crippen molar-refractivity contribution in [3.63, 3.8) is 0 Å². The Kier molecular flexibility index (Phi) is 5.81. The molecular weight excluding hydrogens is 397 g/mol. The molecule has 0 aliphatic rings. The first-order valence-electron chi connectivity index (χ1n) is 8.80. The molecule has 148 valence electrons. The molecule has 8 heteroatoms. The van der Waals surface area contributed by atoms with E-state index in [1.807, 2.05) is 38.1 Å².